The molecule has 0 heterocycles. The SMILES string of the molecule is CCCCCCC#C[C@@]1(O)CC12CCCCC2. The fraction of sp³-hybridized carbons (Fsp3) is 0.875. The molecule has 2 fully saturated rings. The van der Waals surface area contributed by atoms with Crippen molar-refractivity contribution in [3.8, 4) is 11.8 Å². The molecule has 2 aliphatic rings. The number of hydrogen-bond acceptors (Lipinski definition) is 1. The Morgan fingerprint density at radius 3 is 2.53 bits per heavy atom. The van der Waals surface area contributed by atoms with E-state index in [0.29, 0.717) is 0 Å². The molecule has 0 bridgehead atoms. The molecule has 1 N–H and O–H groups in total. The summed E-state index contributed by atoms with van der Waals surface area (Å²) in [7, 11) is 0. The van der Waals surface area contributed by atoms with Gasteiger partial charge in [-0.05, 0) is 25.7 Å². The van der Waals surface area contributed by atoms with Crippen molar-refractivity contribution in [1.82, 2.24) is 0 Å². The summed E-state index contributed by atoms with van der Waals surface area (Å²) in [5, 5.41) is 10.4. The quantitative estimate of drug-likeness (QED) is 0.575. The summed E-state index contributed by atoms with van der Waals surface area (Å²) in [6, 6.07) is 0. The van der Waals surface area contributed by atoms with E-state index < -0.39 is 5.60 Å². The molecule has 2 saturated carbocycles. The van der Waals surface area contributed by atoms with Crippen LogP contribution in [-0.4, -0.2) is 10.7 Å². The fourth-order valence-corrected chi connectivity index (χ4v) is 3.29. The second-order valence-corrected chi connectivity index (χ2v) is 5.99. The third-order valence-corrected chi connectivity index (χ3v) is 4.61. The Bertz CT molecular complexity index is 303. The summed E-state index contributed by atoms with van der Waals surface area (Å²) in [5.74, 6) is 6.39. The van der Waals surface area contributed by atoms with Crippen LogP contribution in [0.2, 0.25) is 0 Å². The molecule has 0 unspecified atom stereocenters. The Morgan fingerprint density at radius 2 is 1.82 bits per heavy atom. The van der Waals surface area contributed by atoms with Crippen molar-refractivity contribution >= 4 is 0 Å². The van der Waals surface area contributed by atoms with Crippen molar-refractivity contribution in [3.05, 3.63) is 0 Å². The first kappa shape index (κ1) is 13.0. The lowest BCUT2D eigenvalue weighted by atomic mass is 9.83. The monoisotopic (exact) mass is 234 g/mol. The van der Waals surface area contributed by atoms with Gasteiger partial charge in [0.25, 0.3) is 0 Å². The van der Waals surface area contributed by atoms with E-state index >= 15 is 0 Å². The molecule has 1 spiro atoms. The van der Waals surface area contributed by atoms with Gasteiger partial charge in [-0.25, -0.2) is 0 Å². The van der Waals surface area contributed by atoms with Crippen LogP contribution in [0.3, 0.4) is 0 Å². The molecule has 96 valence electrons. The van der Waals surface area contributed by atoms with E-state index in [4.69, 9.17) is 0 Å². The van der Waals surface area contributed by atoms with Crippen molar-refractivity contribution in [1.29, 1.82) is 0 Å². The molecule has 2 aliphatic carbocycles. The minimum atomic E-state index is -0.599. The Labute approximate surface area is 106 Å². The minimum Gasteiger partial charge on any atom is -0.377 e. The standard InChI is InChI=1S/C16H26O/c1-2-3-4-5-6-10-13-16(17)14-15(16)11-8-7-9-12-15/h17H,2-9,11-12,14H2,1H3/t16-/m1/s1. The van der Waals surface area contributed by atoms with Crippen LogP contribution in [0.1, 0.15) is 77.6 Å². The van der Waals surface area contributed by atoms with E-state index in [1.165, 1.54) is 57.8 Å². The van der Waals surface area contributed by atoms with Gasteiger partial charge in [0.2, 0.25) is 0 Å². The maximum absolute atomic E-state index is 10.4. The van der Waals surface area contributed by atoms with Gasteiger partial charge in [0.05, 0.1) is 0 Å². The lowest BCUT2D eigenvalue weighted by molar-refractivity contribution is 0.131. The van der Waals surface area contributed by atoms with E-state index in [-0.39, 0.29) is 5.41 Å². The largest absolute Gasteiger partial charge is 0.377 e. The van der Waals surface area contributed by atoms with Crippen LogP contribution in [0, 0.1) is 17.3 Å². The Balaban J connectivity index is 1.74. The second kappa shape index (κ2) is 5.44. The molecule has 0 amide bonds. The first-order chi connectivity index (χ1) is 8.22. The van der Waals surface area contributed by atoms with Gasteiger partial charge in [-0.1, -0.05) is 51.4 Å². The van der Waals surface area contributed by atoms with Crippen LogP contribution in [0.5, 0.6) is 0 Å². The Hall–Kier alpha value is -0.480. The van der Waals surface area contributed by atoms with Crippen molar-refractivity contribution in [2.75, 3.05) is 0 Å². The van der Waals surface area contributed by atoms with Crippen molar-refractivity contribution in [3.63, 3.8) is 0 Å². The van der Waals surface area contributed by atoms with E-state index in [9.17, 15) is 5.11 Å². The molecule has 2 rings (SSSR count). The highest BCUT2D eigenvalue weighted by Crippen LogP contribution is 2.63. The van der Waals surface area contributed by atoms with Crippen LogP contribution in [0.4, 0.5) is 0 Å². The van der Waals surface area contributed by atoms with Crippen LogP contribution >= 0.6 is 0 Å². The molecular formula is C16H26O. The molecule has 0 saturated heterocycles. The average molecular weight is 234 g/mol. The summed E-state index contributed by atoms with van der Waals surface area (Å²) in [6.45, 7) is 2.23. The number of rotatable bonds is 4. The van der Waals surface area contributed by atoms with Gasteiger partial charge < -0.3 is 5.11 Å². The molecular weight excluding hydrogens is 208 g/mol. The third kappa shape index (κ3) is 2.86. The lowest BCUT2D eigenvalue weighted by Crippen LogP contribution is -2.21. The van der Waals surface area contributed by atoms with Crippen LogP contribution < -0.4 is 0 Å². The molecule has 1 atom stereocenters. The summed E-state index contributed by atoms with van der Waals surface area (Å²) >= 11 is 0. The average Bonchev–Trinajstić information content (AvgIpc) is 2.89. The highest BCUT2D eigenvalue weighted by atomic mass is 16.3. The zero-order valence-corrected chi connectivity index (χ0v) is 11.2. The van der Waals surface area contributed by atoms with Gasteiger partial charge in [0.1, 0.15) is 5.60 Å². The highest BCUT2D eigenvalue weighted by Gasteiger charge is 2.65. The fourth-order valence-electron chi connectivity index (χ4n) is 3.29. The van der Waals surface area contributed by atoms with Gasteiger partial charge in [-0.3, -0.25) is 0 Å². The first-order valence-corrected chi connectivity index (χ1v) is 7.45. The highest BCUT2D eigenvalue weighted by molar-refractivity contribution is 5.32. The third-order valence-electron chi connectivity index (χ3n) is 4.61. The van der Waals surface area contributed by atoms with Gasteiger partial charge in [-0.2, -0.15) is 0 Å². The lowest BCUT2D eigenvalue weighted by Gasteiger charge is -2.23. The molecule has 17 heavy (non-hydrogen) atoms. The summed E-state index contributed by atoms with van der Waals surface area (Å²) in [5.41, 5.74) is -0.389. The molecule has 1 heteroatoms. The second-order valence-electron chi connectivity index (χ2n) is 5.99. The van der Waals surface area contributed by atoms with Crippen molar-refractivity contribution in [2.45, 2.75) is 83.2 Å². The van der Waals surface area contributed by atoms with Gasteiger partial charge >= 0.3 is 0 Å². The topological polar surface area (TPSA) is 20.2 Å². The number of hydrogen-bond donors (Lipinski definition) is 1. The first-order valence-electron chi connectivity index (χ1n) is 7.45. The predicted octanol–water partition coefficient (Wildman–Crippen LogP) is 4.05. The molecule has 0 aromatic heterocycles. The summed E-state index contributed by atoms with van der Waals surface area (Å²) in [4.78, 5) is 0. The Morgan fingerprint density at radius 1 is 1.06 bits per heavy atom. The molecule has 0 radical (unpaired) electrons. The summed E-state index contributed by atoms with van der Waals surface area (Å²) in [6.07, 6.45) is 13.3. The summed E-state index contributed by atoms with van der Waals surface area (Å²) < 4.78 is 0. The zero-order valence-electron chi connectivity index (χ0n) is 11.2. The van der Waals surface area contributed by atoms with Gasteiger partial charge in [0.15, 0.2) is 0 Å². The van der Waals surface area contributed by atoms with Crippen LogP contribution in [0.25, 0.3) is 0 Å². The van der Waals surface area contributed by atoms with E-state index in [1.807, 2.05) is 0 Å². The van der Waals surface area contributed by atoms with Gasteiger partial charge in [-0.15, -0.1) is 5.92 Å². The number of unbranched alkanes of at least 4 members (excludes halogenated alkanes) is 4. The predicted molar refractivity (Wildman–Crippen MR) is 71.6 cm³/mol. The van der Waals surface area contributed by atoms with Crippen LogP contribution in [-0.2, 0) is 0 Å². The van der Waals surface area contributed by atoms with Crippen molar-refractivity contribution in [2.24, 2.45) is 5.41 Å². The van der Waals surface area contributed by atoms with E-state index in [1.54, 1.807) is 0 Å². The zero-order chi connectivity index (χ0) is 12.2. The molecule has 0 aromatic rings. The smallest absolute Gasteiger partial charge is 0.131 e. The van der Waals surface area contributed by atoms with E-state index in [0.717, 1.165) is 12.8 Å². The van der Waals surface area contributed by atoms with Gasteiger partial charge in [0, 0.05) is 11.8 Å². The number of aliphatic hydroxyl groups is 1. The molecule has 0 aliphatic heterocycles. The molecule has 1 nitrogen and oxygen atoms in total. The maximum atomic E-state index is 10.4. The normalized spacial score (nSPS) is 29.8. The maximum Gasteiger partial charge on any atom is 0.131 e. The van der Waals surface area contributed by atoms with E-state index in [2.05, 4.69) is 18.8 Å². The van der Waals surface area contributed by atoms with Crippen LogP contribution in [0.15, 0.2) is 0 Å². The minimum absolute atomic E-state index is 0.210. The Kier molecular flexibility index (Phi) is 4.15. The van der Waals surface area contributed by atoms with Crippen molar-refractivity contribution < 1.29 is 5.11 Å². The molecule has 0 aromatic carbocycles.